The molecule has 0 bridgehead atoms. The topological polar surface area (TPSA) is 89.3 Å². The fourth-order valence-electron chi connectivity index (χ4n) is 2.86. The van der Waals surface area contributed by atoms with Crippen molar-refractivity contribution in [2.75, 3.05) is 0 Å². The van der Waals surface area contributed by atoms with Crippen LogP contribution in [0.5, 0.6) is 0 Å². The smallest absolute Gasteiger partial charge is 0.258 e. The predicted octanol–water partition coefficient (Wildman–Crippen LogP) is 3.64. The van der Waals surface area contributed by atoms with Crippen molar-refractivity contribution in [3.63, 3.8) is 0 Å². The molecule has 1 N–H and O–H groups in total. The van der Waals surface area contributed by atoms with Gasteiger partial charge in [-0.1, -0.05) is 35.9 Å². The summed E-state index contributed by atoms with van der Waals surface area (Å²) in [4.78, 5) is 10.3. The first kappa shape index (κ1) is 17.6. The van der Waals surface area contributed by atoms with E-state index in [0.717, 1.165) is 30.0 Å². The molecule has 0 radical (unpaired) electrons. The van der Waals surface area contributed by atoms with Crippen LogP contribution < -0.4 is 4.72 Å². The minimum atomic E-state index is -3.86. The Kier molecular flexibility index (Phi) is 4.62. The Morgan fingerprint density at radius 1 is 1.12 bits per heavy atom. The van der Waals surface area contributed by atoms with E-state index < -0.39 is 14.9 Å². The number of nitrogens with zero attached hydrogens (tertiary/aromatic N) is 1. The highest BCUT2D eigenvalue weighted by atomic mass is 32.2. The molecule has 1 fully saturated rings. The van der Waals surface area contributed by atoms with Crippen LogP contribution in [0.15, 0.2) is 47.4 Å². The molecule has 7 heteroatoms. The van der Waals surface area contributed by atoms with Crippen LogP contribution in [-0.2, 0) is 10.0 Å². The van der Waals surface area contributed by atoms with E-state index >= 15 is 0 Å². The third kappa shape index (κ3) is 3.88. The van der Waals surface area contributed by atoms with Crippen molar-refractivity contribution in [2.24, 2.45) is 5.92 Å². The standard InChI is InChI=1S/C18H20N2O4S/c1-12-3-6-14(7-4-12)18(15-8-9-15)19-25(23,24)17-11-16(20(21)22)10-5-13(17)2/h3-7,10-11,15,18-19H,8-9H2,1-2H3/t18-/m0/s1. The number of aryl methyl sites for hydroxylation is 2. The second kappa shape index (κ2) is 6.57. The highest BCUT2D eigenvalue weighted by Crippen LogP contribution is 2.42. The van der Waals surface area contributed by atoms with E-state index in [1.165, 1.54) is 12.1 Å². The zero-order valence-electron chi connectivity index (χ0n) is 14.1. The number of benzene rings is 2. The van der Waals surface area contributed by atoms with Crippen LogP contribution >= 0.6 is 0 Å². The number of nitrogens with one attached hydrogen (secondary N) is 1. The zero-order chi connectivity index (χ0) is 18.2. The first-order valence-electron chi connectivity index (χ1n) is 8.12. The maximum absolute atomic E-state index is 12.9. The Morgan fingerprint density at radius 2 is 1.76 bits per heavy atom. The van der Waals surface area contributed by atoms with E-state index in [9.17, 15) is 18.5 Å². The molecule has 132 valence electrons. The summed E-state index contributed by atoms with van der Waals surface area (Å²) in [5.74, 6) is 0.261. The molecule has 0 unspecified atom stereocenters. The summed E-state index contributed by atoms with van der Waals surface area (Å²) < 4.78 is 28.5. The second-order valence-electron chi connectivity index (χ2n) is 6.55. The summed E-state index contributed by atoms with van der Waals surface area (Å²) in [6.45, 7) is 3.61. The van der Waals surface area contributed by atoms with Gasteiger partial charge in [-0.05, 0) is 43.7 Å². The van der Waals surface area contributed by atoms with Gasteiger partial charge in [0.2, 0.25) is 10.0 Å². The minimum absolute atomic E-state index is 0.0422. The summed E-state index contributed by atoms with van der Waals surface area (Å²) in [7, 11) is -3.86. The Morgan fingerprint density at radius 3 is 2.32 bits per heavy atom. The van der Waals surface area contributed by atoms with Gasteiger partial charge in [0.25, 0.3) is 5.69 Å². The number of nitro benzene ring substituents is 1. The van der Waals surface area contributed by atoms with Crippen molar-refractivity contribution in [3.05, 3.63) is 69.3 Å². The SMILES string of the molecule is Cc1ccc([C@H](NS(=O)(=O)c2cc([N+](=O)[O-])ccc2C)C2CC2)cc1. The average molecular weight is 360 g/mol. The highest BCUT2D eigenvalue weighted by molar-refractivity contribution is 7.89. The fraction of sp³-hybridized carbons (Fsp3) is 0.333. The molecule has 0 amide bonds. The molecule has 0 spiro atoms. The molecule has 2 aromatic rings. The monoisotopic (exact) mass is 360 g/mol. The zero-order valence-corrected chi connectivity index (χ0v) is 14.9. The van der Waals surface area contributed by atoms with Crippen LogP contribution in [0.2, 0.25) is 0 Å². The van der Waals surface area contributed by atoms with E-state index in [0.29, 0.717) is 5.56 Å². The van der Waals surface area contributed by atoms with Crippen LogP contribution in [0.25, 0.3) is 0 Å². The van der Waals surface area contributed by atoms with Gasteiger partial charge < -0.3 is 0 Å². The highest BCUT2D eigenvalue weighted by Gasteiger charge is 2.36. The molecule has 1 aliphatic carbocycles. The lowest BCUT2D eigenvalue weighted by atomic mass is 10.0. The molecular formula is C18H20N2O4S. The van der Waals surface area contributed by atoms with E-state index in [1.54, 1.807) is 6.92 Å². The van der Waals surface area contributed by atoms with Gasteiger partial charge in [-0.2, -0.15) is 0 Å². The third-order valence-electron chi connectivity index (χ3n) is 4.48. The van der Waals surface area contributed by atoms with Gasteiger partial charge in [0.05, 0.1) is 9.82 Å². The van der Waals surface area contributed by atoms with Crippen molar-refractivity contribution < 1.29 is 13.3 Å². The largest absolute Gasteiger partial charge is 0.270 e. The third-order valence-corrected chi connectivity index (χ3v) is 6.07. The molecule has 1 aliphatic rings. The van der Waals surface area contributed by atoms with Gasteiger partial charge in [0, 0.05) is 18.2 Å². The van der Waals surface area contributed by atoms with Crippen molar-refractivity contribution in [1.82, 2.24) is 4.72 Å². The van der Waals surface area contributed by atoms with Gasteiger partial charge in [-0.25, -0.2) is 13.1 Å². The van der Waals surface area contributed by atoms with Gasteiger partial charge in [0.1, 0.15) is 0 Å². The van der Waals surface area contributed by atoms with Crippen LogP contribution in [0.3, 0.4) is 0 Å². The summed E-state index contributed by atoms with van der Waals surface area (Å²) in [6, 6.07) is 11.4. The first-order chi connectivity index (χ1) is 11.8. The number of sulfonamides is 1. The van der Waals surface area contributed by atoms with Crippen molar-refractivity contribution in [2.45, 2.75) is 37.6 Å². The van der Waals surface area contributed by atoms with Crippen molar-refractivity contribution in [3.8, 4) is 0 Å². The molecule has 25 heavy (non-hydrogen) atoms. The molecule has 2 aromatic carbocycles. The molecule has 0 heterocycles. The normalized spacial score (nSPS) is 15.8. The quantitative estimate of drug-likeness (QED) is 0.629. The molecule has 1 atom stereocenters. The summed E-state index contributed by atoms with van der Waals surface area (Å²) >= 11 is 0. The number of non-ortho nitro benzene ring substituents is 1. The average Bonchev–Trinajstić information content (AvgIpc) is 3.38. The Balaban J connectivity index is 1.95. The summed E-state index contributed by atoms with van der Waals surface area (Å²) in [6.07, 6.45) is 1.93. The minimum Gasteiger partial charge on any atom is -0.258 e. The Labute approximate surface area is 147 Å². The predicted molar refractivity (Wildman–Crippen MR) is 94.8 cm³/mol. The lowest BCUT2D eigenvalue weighted by Crippen LogP contribution is -2.30. The van der Waals surface area contributed by atoms with Gasteiger partial charge in [-0.15, -0.1) is 0 Å². The lowest BCUT2D eigenvalue weighted by molar-refractivity contribution is -0.385. The van der Waals surface area contributed by atoms with E-state index in [1.807, 2.05) is 31.2 Å². The maximum Gasteiger partial charge on any atom is 0.270 e. The summed E-state index contributed by atoms with van der Waals surface area (Å²) in [5, 5.41) is 11.0. The van der Waals surface area contributed by atoms with Crippen LogP contribution in [-0.4, -0.2) is 13.3 Å². The van der Waals surface area contributed by atoms with Crippen molar-refractivity contribution >= 4 is 15.7 Å². The molecule has 0 aromatic heterocycles. The van der Waals surface area contributed by atoms with Crippen LogP contribution in [0.1, 0.15) is 35.6 Å². The van der Waals surface area contributed by atoms with Gasteiger partial charge in [0.15, 0.2) is 0 Å². The molecular weight excluding hydrogens is 340 g/mol. The molecule has 0 saturated heterocycles. The number of hydrogen-bond acceptors (Lipinski definition) is 4. The van der Waals surface area contributed by atoms with Crippen LogP contribution in [0, 0.1) is 29.9 Å². The molecule has 3 rings (SSSR count). The van der Waals surface area contributed by atoms with E-state index in [4.69, 9.17) is 0 Å². The molecule has 1 saturated carbocycles. The van der Waals surface area contributed by atoms with Gasteiger partial charge >= 0.3 is 0 Å². The maximum atomic E-state index is 12.9. The number of hydrogen-bond donors (Lipinski definition) is 1. The van der Waals surface area contributed by atoms with Crippen LogP contribution in [0.4, 0.5) is 5.69 Å². The number of rotatable bonds is 6. The Bertz CT molecular complexity index is 903. The Hall–Kier alpha value is -2.25. The molecule has 6 nitrogen and oxygen atoms in total. The van der Waals surface area contributed by atoms with Gasteiger partial charge in [-0.3, -0.25) is 10.1 Å². The van der Waals surface area contributed by atoms with E-state index in [2.05, 4.69) is 4.72 Å². The lowest BCUT2D eigenvalue weighted by Gasteiger charge is -2.20. The molecule has 0 aliphatic heterocycles. The van der Waals surface area contributed by atoms with E-state index in [-0.39, 0.29) is 22.5 Å². The summed E-state index contributed by atoms with van der Waals surface area (Å²) in [5.41, 5.74) is 2.27. The first-order valence-corrected chi connectivity index (χ1v) is 9.60. The van der Waals surface area contributed by atoms with Crippen molar-refractivity contribution in [1.29, 1.82) is 0 Å². The second-order valence-corrected chi connectivity index (χ2v) is 8.24. The fourth-order valence-corrected chi connectivity index (χ4v) is 4.42. The number of nitro groups is 1.